The molecular weight excluding hydrogens is 226 g/mol. The predicted molar refractivity (Wildman–Crippen MR) is 69.9 cm³/mol. The van der Waals surface area contributed by atoms with Crippen molar-refractivity contribution in [1.29, 1.82) is 0 Å². The molecule has 0 saturated heterocycles. The third-order valence-corrected chi connectivity index (χ3v) is 2.89. The van der Waals surface area contributed by atoms with Crippen molar-refractivity contribution in [3.05, 3.63) is 47.6 Å². The molecule has 4 heteroatoms. The molecule has 0 saturated carbocycles. The summed E-state index contributed by atoms with van der Waals surface area (Å²) in [6, 6.07) is 9.82. The lowest BCUT2D eigenvalue weighted by Crippen LogP contribution is -2.26. The molecule has 1 atom stereocenters. The maximum Gasteiger partial charge on any atom is 0.244 e. The quantitative estimate of drug-likeness (QED) is 0.903. The van der Waals surface area contributed by atoms with Crippen LogP contribution in [-0.4, -0.2) is 10.1 Å². The van der Waals surface area contributed by atoms with Crippen LogP contribution in [0, 0.1) is 5.41 Å². The number of nitrogens with zero attached hydrogens (tertiary/aromatic N) is 2. The number of hydrogen-bond donors (Lipinski definition) is 1. The molecule has 2 rings (SSSR count). The van der Waals surface area contributed by atoms with Crippen molar-refractivity contribution in [2.75, 3.05) is 0 Å². The van der Waals surface area contributed by atoms with Gasteiger partial charge in [0.15, 0.2) is 5.82 Å². The topological polar surface area (TPSA) is 64.9 Å². The van der Waals surface area contributed by atoms with E-state index in [4.69, 9.17) is 10.3 Å². The van der Waals surface area contributed by atoms with Gasteiger partial charge in [0.2, 0.25) is 5.89 Å². The zero-order valence-electron chi connectivity index (χ0n) is 11.1. The standard InChI is InChI=1S/C14H19N3O/c1-14(2,3)12(15)13-16-11(17-18-13)9-10-7-5-4-6-8-10/h4-8,12H,9,15H2,1-3H3. The predicted octanol–water partition coefficient (Wildman–Crippen LogP) is 2.71. The van der Waals surface area contributed by atoms with Gasteiger partial charge in [-0.1, -0.05) is 56.3 Å². The van der Waals surface area contributed by atoms with Crippen LogP contribution in [0.25, 0.3) is 0 Å². The lowest BCUT2D eigenvalue weighted by Gasteiger charge is -2.23. The minimum atomic E-state index is -0.241. The average Bonchev–Trinajstić information content (AvgIpc) is 2.76. The number of benzene rings is 1. The van der Waals surface area contributed by atoms with E-state index in [9.17, 15) is 0 Å². The Kier molecular flexibility index (Phi) is 3.48. The summed E-state index contributed by atoms with van der Waals surface area (Å²) in [6.45, 7) is 6.16. The zero-order valence-corrected chi connectivity index (χ0v) is 11.1. The molecule has 1 aromatic carbocycles. The van der Waals surface area contributed by atoms with Crippen LogP contribution in [0.1, 0.15) is 44.1 Å². The molecule has 0 radical (unpaired) electrons. The molecule has 0 fully saturated rings. The second kappa shape index (κ2) is 4.90. The Balaban J connectivity index is 2.12. The average molecular weight is 245 g/mol. The number of nitrogens with two attached hydrogens (primary N) is 1. The van der Waals surface area contributed by atoms with E-state index < -0.39 is 0 Å². The minimum Gasteiger partial charge on any atom is -0.338 e. The van der Waals surface area contributed by atoms with Gasteiger partial charge in [-0.2, -0.15) is 4.98 Å². The van der Waals surface area contributed by atoms with Crippen molar-refractivity contribution in [2.45, 2.75) is 33.2 Å². The molecule has 2 N–H and O–H groups in total. The fourth-order valence-electron chi connectivity index (χ4n) is 1.61. The van der Waals surface area contributed by atoms with E-state index in [1.807, 2.05) is 30.3 Å². The van der Waals surface area contributed by atoms with Crippen molar-refractivity contribution in [3.8, 4) is 0 Å². The van der Waals surface area contributed by atoms with E-state index in [1.165, 1.54) is 0 Å². The Morgan fingerprint density at radius 1 is 1.22 bits per heavy atom. The van der Waals surface area contributed by atoms with Crippen LogP contribution in [0.4, 0.5) is 0 Å². The second-order valence-electron chi connectivity index (χ2n) is 5.55. The van der Waals surface area contributed by atoms with Crippen molar-refractivity contribution in [1.82, 2.24) is 10.1 Å². The van der Waals surface area contributed by atoms with E-state index >= 15 is 0 Å². The summed E-state index contributed by atoms with van der Waals surface area (Å²) in [6.07, 6.45) is 0.668. The number of rotatable bonds is 3. The molecule has 0 aliphatic heterocycles. The highest BCUT2D eigenvalue weighted by atomic mass is 16.5. The fraction of sp³-hybridized carbons (Fsp3) is 0.429. The van der Waals surface area contributed by atoms with Crippen molar-refractivity contribution in [2.24, 2.45) is 11.1 Å². The van der Waals surface area contributed by atoms with Crippen LogP contribution in [0.2, 0.25) is 0 Å². The van der Waals surface area contributed by atoms with Gasteiger partial charge in [-0.15, -0.1) is 0 Å². The molecular formula is C14H19N3O. The molecule has 0 aliphatic carbocycles. The first kappa shape index (κ1) is 12.8. The maximum atomic E-state index is 6.08. The normalized spacial score (nSPS) is 13.6. The molecule has 0 bridgehead atoms. The molecule has 96 valence electrons. The van der Waals surface area contributed by atoms with Gasteiger partial charge in [0.05, 0.1) is 6.04 Å². The Morgan fingerprint density at radius 3 is 2.50 bits per heavy atom. The van der Waals surface area contributed by atoms with E-state index in [-0.39, 0.29) is 11.5 Å². The van der Waals surface area contributed by atoms with Gasteiger partial charge in [-0.3, -0.25) is 0 Å². The molecule has 0 amide bonds. The third kappa shape index (κ3) is 2.96. The Bertz CT molecular complexity index is 499. The molecule has 1 unspecified atom stereocenters. The highest BCUT2D eigenvalue weighted by Gasteiger charge is 2.27. The number of hydrogen-bond acceptors (Lipinski definition) is 4. The lowest BCUT2D eigenvalue weighted by molar-refractivity contribution is 0.252. The SMILES string of the molecule is CC(C)(C)C(N)c1nc(Cc2ccccc2)no1. The van der Waals surface area contributed by atoms with E-state index in [0.717, 1.165) is 5.56 Å². The first-order chi connectivity index (χ1) is 8.47. The highest BCUT2D eigenvalue weighted by Crippen LogP contribution is 2.29. The van der Waals surface area contributed by atoms with E-state index in [0.29, 0.717) is 18.1 Å². The van der Waals surface area contributed by atoms with Crippen LogP contribution in [0.3, 0.4) is 0 Å². The second-order valence-corrected chi connectivity index (χ2v) is 5.55. The molecule has 2 aromatic rings. The molecule has 4 nitrogen and oxygen atoms in total. The molecule has 18 heavy (non-hydrogen) atoms. The van der Waals surface area contributed by atoms with Gasteiger partial charge >= 0.3 is 0 Å². The molecule has 0 aliphatic rings. The summed E-state index contributed by atoms with van der Waals surface area (Å²) < 4.78 is 5.24. The van der Waals surface area contributed by atoms with Crippen LogP contribution in [0.15, 0.2) is 34.9 Å². The summed E-state index contributed by atoms with van der Waals surface area (Å²) in [5, 5.41) is 3.98. The van der Waals surface area contributed by atoms with Crippen LogP contribution in [0.5, 0.6) is 0 Å². The Morgan fingerprint density at radius 2 is 1.89 bits per heavy atom. The first-order valence-electron chi connectivity index (χ1n) is 6.09. The van der Waals surface area contributed by atoms with Gasteiger partial charge < -0.3 is 10.3 Å². The molecule has 1 heterocycles. The Labute approximate surface area is 107 Å². The molecule has 1 aromatic heterocycles. The van der Waals surface area contributed by atoms with Crippen LogP contribution >= 0.6 is 0 Å². The largest absolute Gasteiger partial charge is 0.338 e. The minimum absolute atomic E-state index is 0.0868. The van der Waals surface area contributed by atoms with Gasteiger partial charge in [0, 0.05) is 6.42 Å². The maximum absolute atomic E-state index is 6.08. The Hall–Kier alpha value is -1.68. The summed E-state index contributed by atoms with van der Waals surface area (Å²) in [5.74, 6) is 1.18. The number of aromatic nitrogens is 2. The van der Waals surface area contributed by atoms with E-state index in [1.54, 1.807) is 0 Å². The smallest absolute Gasteiger partial charge is 0.244 e. The van der Waals surface area contributed by atoms with Gasteiger partial charge in [-0.25, -0.2) is 0 Å². The van der Waals surface area contributed by atoms with Crippen molar-refractivity contribution in [3.63, 3.8) is 0 Å². The van der Waals surface area contributed by atoms with Gasteiger partial charge in [0.1, 0.15) is 0 Å². The van der Waals surface area contributed by atoms with Crippen LogP contribution < -0.4 is 5.73 Å². The summed E-state index contributed by atoms with van der Waals surface area (Å²) in [5.41, 5.74) is 7.16. The van der Waals surface area contributed by atoms with Gasteiger partial charge in [0.25, 0.3) is 0 Å². The monoisotopic (exact) mass is 245 g/mol. The van der Waals surface area contributed by atoms with Crippen molar-refractivity contribution < 1.29 is 4.52 Å². The van der Waals surface area contributed by atoms with Crippen molar-refractivity contribution >= 4 is 0 Å². The fourth-order valence-corrected chi connectivity index (χ4v) is 1.61. The zero-order chi connectivity index (χ0) is 13.2. The third-order valence-electron chi connectivity index (χ3n) is 2.89. The van der Waals surface area contributed by atoms with Crippen LogP contribution in [-0.2, 0) is 6.42 Å². The van der Waals surface area contributed by atoms with Gasteiger partial charge in [-0.05, 0) is 11.0 Å². The first-order valence-corrected chi connectivity index (χ1v) is 6.09. The molecule has 0 spiro atoms. The highest BCUT2D eigenvalue weighted by molar-refractivity contribution is 5.18. The van der Waals surface area contributed by atoms with E-state index in [2.05, 4.69) is 30.9 Å². The lowest BCUT2D eigenvalue weighted by atomic mass is 9.87. The summed E-state index contributed by atoms with van der Waals surface area (Å²) >= 11 is 0. The summed E-state index contributed by atoms with van der Waals surface area (Å²) in [7, 11) is 0. The summed E-state index contributed by atoms with van der Waals surface area (Å²) in [4.78, 5) is 4.37.